The molecule has 2 heterocycles. The van der Waals surface area contributed by atoms with Gasteiger partial charge < -0.3 is 15.4 Å². The van der Waals surface area contributed by atoms with Crippen LogP contribution < -0.4 is 5.73 Å². The Labute approximate surface area is 102 Å². The van der Waals surface area contributed by atoms with Crippen molar-refractivity contribution < 1.29 is 9.50 Å². The maximum atomic E-state index is 14.1. The lowest BCUT2D eigenvalue weighted by atomic mass is 10.1. The van der Waals surface area contributed by atoms with Crippen LogP contribution in [0.2, 0.25) is 0 Å². The van der Waals surface area contributed by atoms with E-state index in [-0.39, 0.29) is 12.4 Å². The van der Waals surface area contributed by atoms with Crippen molar-refractivity contribution in [2.24, 2.45) is 5.92 Å². The molecule has 0 amide bonds. The average molecular weight is 249 g/mol. The molecule has 1 aliphatic carbocycles. The second-order valence-corrected chi connectivity index (χ2v) is 4.25. The van der Waals surface area contributed by atoms with Gasteiger partial charge in [0.05, 0.1) is 19.0 Å². The van der Waals surface area contributed by atoms with Crippen LogP contribution in [0.4, 0.5) is 10.2 Å². The average Bonchev–Trinajstić information content (AvgIpc) is 2.93. The molecule has 0 unspecified atom stereocenters. The van der Waals surface area contributed by atoms with Crippen LogP contribution in [0, 0.1) is 5.92 Å². The highest BCUT2D eigenvalue weighted by molar-refractivity contribution is 5.81. The number of hydrogen-bond donors (Lipinski definition) is 2. The Morgan fingerprint density at radius 1 is 1.33 bits per heavy atom. The van der Waals surface area contributed by atoms with Gasteiger partial charge in [-0.1, -0.05) is 12.2 Å². The van der Waals surface area contributed by atoms with E-state index in [0.717, 1.165) is 0 Å². The normalized spacial score (nSPS) is 27.1. The number of nitrogens with two attached hydrogens (primary N) is 1. The summed E-state index contributed by atoms with van der Waals surface area (Å²) in [5, 5.41) is 9.05. The summed E-state index contributed by atoms with van der Waals surface area (Å²) < 4.78 is 15.7. The van der Waals surface area contributed by atoms with Crippen LogP contribution >= 0.6 is 0 Å². The number of rotatable bonds is 2. The predicted molar refractivity (Wildman–Crippen MR) is 63.4 cm³/mol. The number of allylic oxidation sites excluding steroid dienone is 1. The second kappa shape index (κ2) is 4.02. The van der Waals surface area contributed by atoms with Gasteiger partial charge in [-0.05, 0) is 0 Å². The minimum absolute atomic E-state index is 0.210. The molecular formula is C11H12FN5O. The number of halogens is 1. The van der Waals surface area contributed by atoms with E-state index in [9.17, 15) is 4.39 Å². The number of aromatic nitrogens is 4. The topological polar surface area (TPSA) is 89.9 Å². The van der Waals surface area contributed by atoms with Crippen molar-refractivity contribution in [2.45, 2.75) is 12.2 Å². The van der Waals surface area contributed by atoms with Gasteiger partial charge in [0.25, 0.3) is 0 Å². The molecule has 2 aromatic rings. The van der Waals surface area contributed by atoms with Gasteiger partial charge in [0.1, 0.15) is 18.0 Å². The molecule has 6 nitrogen and oxygen atoms in total. The van der Waals surface area contributed by atoms with Crippen LogP contribution in [-0.4, -0.2) is 37.4 Å². The van der Waals surface area contributed by atoms with Gasteiger partial charge >= 0.3 is 0 Å². The Hall–Kier alpha value is -2.02. The molecule has 3 rings (SSSR count). The van der Waals surface area contributed by atoms with Gasteiger partial charge in [0.2, 0.25) is 0 Å². The Bertz CT molecular complexity index is 610. The largest absolute Gasteiger partial charge is 0.396 e. The standard InChI is InChI=1S/C11H12FN5O/c12-8-6(3-18)1-2-7(8)17-5-16-9-10(13)14-4-15-11(9)17/h1-2,4-8,18H,3H2,(H2,13,14,15)/t6-,7-,8-/m0/s1. The van der Waals surface area contributed by atoms with E-state index in [2.05, 4.69) is 15.0 Å². The molecular weight excluding hydrogens is 237 g/mol. The SMILES string of the molecule is Nc1ncnc2c1ncn2[C@H]1C=C[C@@H](CO)[C@@H]1F. The maximum Gasteiger partial charge on any atom is 0.166 e. The predicted octanol–water partition coefficient (Wildman–Crippen LogP) is 0.466. The molecule has 7 heteroatoms. The van der Waals surface area contributed by atoms with Crippen LogP contribution in [0.15, 0.2) is 24.8 Å². The first kappa shape index (κ1) is 11.1. The molecule has 18 heavy (non-hydrogen) atoms. The number of aliphatic hydroxyl groups excluding tert-OH is 1. The second-order valence-electron chi connectivity index (χ2n) is 4.25. The molecule has 0 aromatic carbocycles. The van der Waals surface area contributed by atoms with Gasteiger partial charge in [0.15, 0.2) is 11.5 Å². The van der Waals surface area contributed by atoms with E-state index in [1.165, 1.54) is 12.7 Å². The number of nitrogen functional groups attached to an aromatic ring is 1. The minimum Gasteiger partial charge on any atom is -0.396 e. The number of hydrogen-bond acceptors (Lipinski definition) is 5. The molecule has 3 N–H and O–H groups in total. The van der Waals surface area contributed by atoms with E-state index in [4.69, 9.17) is 10.8 Å². The van der Waals surface area contributed by atoms with Gasteiger partial charge in [-0.25, -0.2) is 19.3 Å². The molecule has 3 atom stereocenters. The summed E-state index contributed by atoms with van der Waals surface area (Å²) in [7, 11) is 0. The first-order valence-corrected chi connectivity index (χ1v) is 5.58. The summed E-state index contributed by atoms with van der Waals surface area (Å²) in [6.45, 7) is -0.210. The third-order valence-electron chi connectivity index (χ3n) is 3.21. The lowest BCUT2D eigenvalue weighted by Gasteiger charge is -2.17. The highest BCUT2D eigenvalue weighted by Gasteiger charge is 2.33. The first-order chi connectivity index (χ1) is 8.72. The highest BCUT2D eigenvalue weighted by Crippen LogP contribution is 2.33. The zero-order chi connectivity index (χ0) is 12.7. The summed E-state index contributed by atoms with van der Waals surface area (Å²) in [5.41, 5.74) is 6.64. The quantitative estimate of drug-likeness (QED) is 0.755. The van der Waals surface area contributed by atoms with Crippen LogP contribution in [0.25, 0.3) is 11.2 Å². The van der Waals surface area contributed by atoms with Crippen molar-refractivity contribution in [1.29, 1.82) is 0 Å². The van der Waals surface area contributed by atoms with E-state index in [1.807, 2.05) is 0 Å². The Morgan fingerprint density at radius 3 is 2.89 bits per heavy atom. The maximum absolute atomic E-state index is 14.1. The van der Waals surface area contributed by atoms with Crippen LogP contribution in [0.5, 0.6) is 0 Å². The van der Waals surface area contributed by atoms with Gasteiger partial charge in [-0.3, -0.25) is 0 Å². The monoisotopic (exact) mass is 249 g/mol. The molecule has 0 radical (unpaired) electrons. The number of aliphatic hydroxyl groups is 1. The summed E-state index contributed by atoms with van der Waals surface area (Å²) in [6, 6.07) is -0.513. The van der Waals surface area contributed by atoms with Crippen molar-refractivity contribution in [1.82, 2.24) is 19.5 Å². The molecule has 0 spiro atoms. The molecule has 0 aliphatic heterocycles. The van der Waals surface area contributed by atoms with Crippen molar-refractivity contribution in [3.63, 3.8) is 0 Å². The fraction of sp³-hybridized carbons (Fsp3) is 0.364. The van der Waals surface area contributed by atoms with E-state index in [1.54, 1.807) is 16.7 Å². The first-order valence-electron chi connectivity index (χ1n) is 5.58. The van der Waals surface area contributed by atoms with Gasteiger partial charge in [-0.2, -0.15) is 0 Å². The molecule has 0 saturated heterocycles. The van der Waals surface area contributed by atoms with Crippen molar-refractivity contribution in [3.05, 3.63) is 24.8 Å². The van der Waals surface area contributed by atoms with E-state index >= 15 is 0 Å². The number of fused-ring (bicyclic) bond motifs is 1. The summed E-state index contributed by atoms with van der Waals surface area (Å²) in [4.78, 5) is 12.0. The van der Waals surface area contributed by atoms with Gasteiger partial charge in [0, 0.05) is 5.92 Å². The zero-order valence-corrected chi connectivity index (χ0v) is 9.44. The molecule has 1 aliphatic rings. The fourth-order valence-corrected chi connectivity index (χ4v) is 2.22. The number of nitrogens with zero attached hydrogens (tertiary/aromatic N) is 4. The van der Waals surface area contributed by atoms with Crippen LogP contribution in [0.3, 0.4) is 0 Å². The lowest BCUT2D eigenvalue weighted by molar-refractivity contribution is 0.155. The third kappa shape index (κ3) is 1.47. The minimum atomic E-state index is -1.19. The summed E-state index contributed by atoms with van der Waals surface area (Å²) in [5.74, 6) is -0.207. The molecule has 0 saturated carbocycles. The smallest absolute Gasteiger partial charge is 0.166 e. The van der Waals surface area contributed by atoms with Crippen LogP contribution in [0.1, 0.15) is 6.04 Å². The molecule has 2 aromatic heterocycles. The number of imidazole rings is 1. The Kier molecular flexibility index (Phi) is 2.48. The van der Waals surface area contributed by atoms with E-state index < -0.39 is 18.1 Å². The van der Waals surface area contributed by atoms with E-state index in [0.29, 0.717) is 11.2 Å². The molecule has 0 fully saturated rings. The summed E-state index contributed by atoms with van der Waals surface area (Å²) >= 11 is 0. The highest BCUT2D eigenvalue weighted by atomic mass is 19.1. The fourth-order valence-electron chi connectivity index (χ4n) is 2.22. The van der Waals surface area contributed by atoms with Crippen molar-refractivity contribution in [2.75, 3.05) is 12.3 Å². The van der Waals surface area contributed by atoms with Crippen molar-refractivity contribution >= 4 is 17.0 Å². The van der Waals surface area contributed by atoms with Crippen molar-refractivity contribution in [3.8, 4) is 0 Å². The van der Waals surface area contributed by atoms with Gasteiger partial charge in [-0.15, -0.1) is 0 Å². The Morgan fingerprint density at radius 2 is 2.17 bits per heavy atom. The lowest BCUT2D eigenvalue weighted by Crippen LogP contribution is -2.22. The molecule has 0 bridgehead atoms. The molecule has 94 valence electrons. The van der Waals surface area contributed by atoms with Crippen LogP contribution in [-0.2, 0) is 0 Å². The number of anilines is 1. The summed E-state index contributed by atoms with van der Waals surface area (Å²) in [6.07, 6.45) is 5.02. The zero-order valence-electron chi connectivity index (χ0n) is 9.44. The third-order valence-corrected chi connectivity index (χ3v) is 3.21. The number of alkyl halides is 1. The Balaban J connectivity index is 2.06.